The number of amides is 2. The highest BCUT2D eigenvalue weighted by atomic mass is 127. The van der Waals surface area contributed by atoms with E-state index < -0.39 is 24.4 Å². The van der Waals surface area contributed by atoms with Crippen molar-refractivity contribution < 1.29 is 23.9 Å². The molecule has 0 aliphatic heterocycles. The Morgan fingerprint density at radius 3 is 2.50 bits per heavy atom. The molecule has 2 amide bonds. The van der Waals surface area contributed by atoms with Crippen molar-refractivity contribution in [2.45, 2.75) is 0 Å². The number of hydrogen-bond donors (Lipinski definition) is 2. The standard InChI is InChI=1S/C17H14ClIN2O5/c1-25-14-7-6-10(18)8-12(14)16(23)21-20-15(22)9-26-17(24)11-4-2-3-5-13(11)19/h2-8H,9H2,1H3,(H,20,22)(H,21,23). The maximum atomic E-state index is 12.1. The van der Waals surface area contributed by atoms with Gasteiger partial charge in [-0.05, 0) is 52.9 Å². The Hall–Kier alpha value is -2.33. The first kappa shape index (κ1) is 20.0. The second-order valence-corrected chi connectivity index (χ2v) is 6.50. The van der Waals surface area contributed by atoms with Crippen LogP contribution in [0.3, 0.4) is 0 Å². The van der Waals surface area contributed by atoms with Crippen molar-refractivity contribution in [3.8, 4) is 5.75 Å². The highest BCUT2D eigenvalue weighted by Crippen LogP contribution is 2.22. The minimum absolute atomic E-state index is 0.149. The van der Waals surface area contributed by atoms with Crippen LogP contribution in [0.5, 0.6) is 5.75 Å². The summed E-state index contributed by atoms with van der Waals surface area (Å²) in [6.07, 6.45) is 0. The van der Waals surface area contributed by atoms with Gasteiger partial charge in [-0.1, -0.05) is 23.7 Å². The number of carbonyl (C=O) groups excluding carboxylic acids is 3. The number of benzene rings is 2. The Kier molecular flexibility index (Phi) is 7.22. The zero-order valence-corrected chi connectivity index (χ0v) is 16.5. The van der Waals surface area contributed by atoms with Crippen LogP contribution in [0.15, 0.2) is 42.5 Å². The second-order valence-electron chi connectivity index (χ2n) is 4.90. The quantitative estimate of drug-likeness (QED) is 0.383. The summed E-state index contributed by atoms with van der Waals surface area (Å²) in [5.74, 6) is -1.65. The molecule has 0 aromatic heterocycles. The number of hydrazine groups is 1. The average molecular weight is 489 g/mol. The van der Waals surface area contributed by atoms with Crippen LogP contribution in [0.25, 0.3) is 0 Å². The van der Waals surface area contributed by atoms with Crippen LogP contribution in [-0.2, 0) is 9.53 Å². The van der Waals surface area contributed by atoms with Gasteiger partial charge in [0.05, 0.1) is 18.2 Å². The van der Waals surface area contributed by atoms with E-state index in [-0.39, 0.29) is 5.56 Å². The number of halogens is 2. The molecule has 0 fully saturated rings. The zero-order valence-electron chi connectivity index (χ0n) is 13.5. The Morgan fingerprint density at radius 2 is 1.81 bits per heavy atom. The van der Waals surface area contributed by atoms with Gasteiger partial charge in [0, 0.05) is 8.59 Å². The van der Waals surface area contributed by atoms with Crippen molar-refractivity contribution in [2.24, 2.45) is 0 Å². The van der Waals surface area contributed by atoms with Crippen LogP contribution in [0.4, 0.5) is 0 Å². The second kappa shape index (κ2) is 9.39. The molecule has 0 saturated heterocycles. The predicted molar refractivity (Wildman–Crippen MR) is 103 cm³/mol. The van der Waals surface area contributed by atoms with E-state index in [0.717, 1.165) is 0 Å². The van der Waals surface area contributed by atoms with Crippen LogP contribution >= 0.6 is 34.2 Å². The third-order valence-corrected chi connectivity index (χ3v) is 4.33. The van der Waals surface area contributed by atoms with Gasteiger partial charge in [-0.25, -0.2) is 4.79 Å². The molecule has 0 radical (unpaired) electrons. The van der Waals surface area contributed by atoms with E-state index >= 15 is 0 Å². The van der Waals surface area contributed by atoms with Crippen LogP contribution in [-0.4, -0.2) is 31.5 Å². The molecule has 0 aliphatic rings. The number of hydrogen-bond acceptors (Lipinski definition) is 5. The first-order chi connectivity index (χ1) is 12.4. The number of ether oxygens (including phenoxy) is 2. The molecule has 0 aliphatic carbocycles. The lowest BCUT2D eigenvalue weighted by atomic mass is 10.2. The van der Waals surface area contributed by atoms with E-state index in [9.17, 15) is 14.4 Å². The zero-order chi connectivity index (χ0) is 19.1. The van der Waals surface area contributed by atoms with Crippen LogP contribution in [0, 0.1) is 3.57 Å². The molecule has 2 rings (SSSR count). The molecular weight excluding hydrogens is 475 g/mol. The summed E-state index contributed by atoms with van der Waals surface area (Å²) in [6, 6.07) is 11.3. The van der Waals surface area contributed by atoms with E-state index in [2.05, 4.69) is 10.9 Å². The van der Waals surface area contributed by atoms with E-state index in [0.29, 0.717) is 19.9 Å². The summed E-state index contributed by atoms with van der Waals surface area (Å²) in [7, 11) is 1.41. The molecule has 26 heavy (non-hydrogen) atoms. The molecule has 136 valence electrons. The third-order valence-electron chi connectivity index (χ3n) is 3.15. The van der Waals surface area contributed by atoms with Crippen LogP contribution in [0.2, 0.25) is 5.02 Å². The van der Waals surface area contributed by atoms with Gasteiger partial charge in [-0.2, -0.15) is 0 Å². The Balaban J connectivity index is 1.87. The number of methoxy groups -OCH3 is 1. The molecule has 0 atom stereocenters. The summed E-state index contributed by atoms with van der Waals surface area (Å²) in [5.41, 5.74) is 4.87. The molecule has 0 saturated carbocycles. The topological polar surface area (TPSA) is 93.7 Å². The lowest BCUT2D eigenvalue weighted by Crippen LogP contribution is -2.43. The summed E-state index contributed by atoms with van der Waals surface area (Å²) in [4.78, 5) is 35.8. The molecule has 2 aromatic rings. The van der Waals surface area contributed by atoms with Crippen LogP contribution in [0.1, 0.15) is 20.7 Å². The smallest absolute Gasteiger partial charge is 0.339 e. The molecule has 2 N–H and O–H groups in total. The van der Waals surface area contributed by atoms with Crippen molar-refractivity contribution in [3.63, 3.8) is 0 Å². The first-order valence-electron chi connectivity index (χ1n) is 7.26. The maximum Gasteiger partial charge on any atom is 0.339 e. The molecule has 7 nitrogen and oxygen atoms in total. The SMILES string of the molecule is COc1ccc(Cl)cc1C(=O)NNC(=O)COC(=O)c1ccccc1I. The van der Waals surface area contributed by atoms with Crippen molar-refractivity contribution >= 4 is 52.0 Å². The maximum absolute atomic E-state index is 12.1. The van der Waals surface area contributed by atoms with E-state index in [1.54, 1.807) is 30.3 Å². The van der Waals surface area contributed by atoms with E-state index in [4.69, 9.17) is 21.1 Å². The number of rotatable bonds is 5. The van der Waals surface area contributed by atoms with Crippen molar-refractivity contribution in [1.82, 2.24) is 10.9 Å². The first-order valence-corrected chi connectivity index (χ1v) is 8.72. The molecule has 0 spiro atoms. The minimum Gasteiger partial charge on any atom is -0.496 e. The Bertz CT molecular complexity index is 844. The summed E-state index contributed by atoms with van der Waals surface area (Å²) < 4.78 is 10.7. The van der Waals surface area contributed by atoms with Gasteiger partial charge in [-0.15, -0.1) is 0 Å². The van der Waals surface area contributed by atoms with Crippen molar-refractivity contribution in [1.29, 1.82) is 0 Å². The Morgan fingerprint density at radius 1 is 1.08 bits per heavy atom. The number of esters is 1. The number of nitrogens with one attached hydrogen (secondary N) is 2. The molecule has 0 bridgehead atoms. The predicted octanol–water partition coefficient (Wildman–Crippen LogP) is 2.57. The monoisotopic (exact) mass is 488 g/mol. The molecule has 0 unspecified atom stereocenters. The third kappa shape index (κ3) is 5.33. The van der Waals surface area contributed by atoms with Crippen molar-refractivity contribution in [3.05, 3.63) is 62.2 Å². The number of carbonyl (C=O) groups is 3. The molecule has 0 heterocycles. The van der Waals surface area contributed by atoms with Gasteiger partial charge in [0.25, 0.3) is 11.8 Å². The Labute approximate surface area is 168 Å². The highest BCUT2D eigenvalue weighted by Gasteiger charge is 2.15. The fourth-order valence-corrected chi connectivity index (χ4v) is 2.70. The summed E-state index contributed by atoms with van der Waals surface area (Å²) in [6.45, 7) is -0.545. The van der Waals surface area contributed by atoms with E-state index in [1.807, 2.05) is 22.6 Å². The highest BCUT2D eigenvalue weighted by molar-refractivity contribution is 14.1. The minimum atomic E-state index is -0.696. The van der Waals surface area contributed by atoms with Crippen LogP contribution < -0.4 is 15.6 Å². The lowest BCUT2D eigenvalue weighted by Gasteiger charge is -2.11. The normalized spacial score (nSPS) is 9.96. The fraction of sp³-hybridized carbons (Fsp3) is 0.118. The van der Waals surface area contributed by atoms with Gasteiger partial charge < -0.3 is 9.47 Å². The molecule has 9 heteroatoms. The molecular formula is C17H14ClIN2O5. The van der Waals surface area contributed by atoms with Gasteiger partial charge in [0.1, 0.15) is 5.75 Å². The van der Waals surface area contributed by atoms with Gasteiger partial charge in [0.15, 0.2) is 6.61 Å². The summed E-state index contributed by atoms with van der Waals surface area (Å²) in [5, 5.41) is 0.341. The molecule has 2 aromatic carbocycles. The van der Waals surface area contributed by atoms with Gasteiger partial charge in [-0.3, -0.25) is 20.4 Å². The average Bonchev–Trinajstić information content (AvgIpc) is 2.64. The summed E-state index contributed by atoms with van der Waals surface area (Å²) >= 11 is 7.85. The van der Waals surface area contributed by atoms with Crippen molar-refractivity contribution in [2.75, 3.05) is 13.7 Å². The van der Waals surface area contributed by atoms with Gasteiger partial charge in [0.2, 0.25) is 0 Å². The lowest BCUT2D eigenvalue weighted by molar-refractivity contribution is -0.125. The van der Waals surface area contributed by atoms with E-state index in [1.165, 1.54) is 19.2 Å². The van der Waals surface area contributed by atoms with Gasteiger partial charge >= 0.3 is 5.97 Å². The largest absolute Gasteiger partial charge is 0.496 e. The fourth-order valence-electron chi connectivity index (χ4n) is 1.92.